The van der Waals surface area contributed by atoms with Crippen LogP contribution in [0.15, 0.2) is 36.5 Å². The minimum Gasteiger partial charge on any atom is -0.466 e. The first-order chi connectivity index (χ1) is 18.1. The fourth-order valence-electron chi connectivity index (χ4n) is 5.24. The summed E-state index contributed by atoms with van der Waals surface area (Å²) in [6.45, 7) is 25.2. The van der Waals surface area contributed by atoms with Crippen molar-refractivity contribution in [3.05, 3.63) is 36.5 Å². The van der Waals surface area contributed by atoms with Crippen LogP contribution in [-0.2, 0) is 28.6 Å². The van der Waals surface area contributed by atoms with Crippen LogP contribution < -0.4 is 0 Å². The summed E-state index contributed by atoms with van der Waals surface area (Å²) in [6, 6.07) is 0. The Kier molecular flexibility index (Phi) is 17.0. The van der Waals surface area contributed by atoms with E-state index in [0.29, 0.717) is 34.7 Å². The van der Waals surface area contributed by atoms with Gasteiger partial charge < -0.3 is 14.2 Å². The summed E-state index contributed by atoms with van der Waals surface area (Å²) in [4.78, 5) is 32.8. The van der Waals surface area contributed by atoms with Crippen LogP contribution in [0.1, 0.15) is 119 Å². The summed E-state index contributed by atoms with van der Waals surface area (Å²) in [5, 5.41) is 0. The maximum Gasteiger partial charge on any atom is 0.333 e. The number of unbranched alkanes of at least 4 members (excludes halogenated alkanes) is 7. The first-order valence-electron chi connectivity index (χ1n) is 14.6. The van der Waals surface area contributed by atoms with Crippen molar-refractivity contribution in [2.75, 3.05) is 13.7 Å². The largest absolute Gasteiger partial charge is 0.466 e. The molecule has 0 amide bonds. The number of methoxy groups -OCH3 is 1. The van der Waals surface area contributed by atoms with E-state index in [4.69, 9.17) is 9.47 Å². The minimum absolute atomic E-state index is 0.0884. The van der Waals surface area contributed by atoms with E-state index in [2.05, 4.69) is 52.2 Å². The van der Waals surface area contributed by atoms with Gasteiger partial charge in [-0.2, -0.15) is 0 Å². The van der Waals surface area contributed by atoms with Crippen LogP contribution in [0, 0.1) is 16.7 Å². The summed E-state index contributed by atoms with van der Waals surface area (Å²) < 4.78 is 14.9. The smallest absolute Gasteiger partial charge is 0.333 e. The molecule has 3 atom stereocenters. The standard InChI is InChI=1S/C14H22O2.C14H26O2.C5H8O2/c1-9(2)12(15)16-11-8-10-6-7-14(11,5)13(10,3)4;1-4-5-6-7-8-9-10-11-12-16-14(15)13(2)3;1-4(2)5(6)7-3/h10-11H,1,6-8H2,2-5H3;2,4-12H2,1,3H3;1H2,2-3H3. The Morgan fingerprint density at radius 2 is 1.26 bits per heavy atom. The van der Waals surface area contributed by atoms with Gasteiger partial charge in [-0.3, -0.25) is 0 Å². The maximum atomic E-state index is 11.6. The Morgan fingerprint density at radius 1 is 0.769 bits per heavy atom. The molecule has 0 saturated heterocycles. The lowest BCUT2D eigenvalue weighted by Gasteiger charge is -2.38. The van der Waals surface area contributed by atoms with Crippen molar-refractivity contribution in [1.82, 2.24) is 0 Å². The lowest BCUT2D eigenvalue weighted by molar-refractivity contribution is -0.152. The van der Waals surface area contributed by atoms with E-state index < -0.39 is 0 Å². The van der Waals surface area contributed by atoms with Gasteiger partial charge in [0, 0.05) is 22.1 Å². The molecule has 0 aromatic rings. The number of ether oxygens (including phenoxy) is 3. The van der Waals surface area contributed by atoms with E-state index in [9.17, 15) is 14.4 Å². The molecule has 6 heteroatoms. The molecule has 0 aromatic heterocycles. The molecule has 2 fully saturated rings. The zero-order valence-corrected chi connectivity index (χ0v) is 26.2. The first kappa shape index (κ1) is 36.6. The molecule has 0 heterocycles. The minimum atomic E-state index is -0.347. The second kappa shape index (κ2) is 18.1. The average Bonchev–Trinajstić information content (AvgIpc) is 3.21. The fraction of sp³-hybridized carbons (Fsp3) is 0.727. The molecular weight excluding hydrogens is 492 g/mol. The van der Waals surface area contributed by atoms with Crippen molar-refractivity contribution < 1.29 is 28.6 Å². The van der Waals surface area contributed by atoms with Crippen LogP contribution in [0.5, 0.6) is 0 Å². The summed E-state index contributed by atoms with van der Waals surface area (Å²) in [5.41, 5.74) is 1.88. The van der Waals surface area contributed by atoms with E-state index >= 15 is 0 Å². The quantitative estimate of drug-likeness (QED) is 0.0997. The van der Waals surface area contributed by atoms with Crippen LogP contribution in [0.3, 0.4) is 0 Å². The van der Waals surface area contributed by atoms with Crippen molar-refractivity contribution in [2.24, 2.45) is 16.7 Å². The Bertz CT molecular complexity index is 839. The molecule has 2 aliphatic carbocycles. The van der Waals surface area contributed by atoms with Gasteiger partial charge in [-0.1, -0.05) is 92.4 Å². The molecule has 0 spiro atoms. The highest BCUT2D eigenvalue weighted by atomic mass is 16.5. The van der Waals surface area contributed by atoms with Gasteiger partial charge in [0.25, 0.3) is 0 Å². The van der Waals surface area contributed by atoms with Gasteiger partial charge in [-0.15, -0.1) is 0 Å². The van der Waals surface area contributed by atoms with Crippen molar-refractivity contribution in [2.45, 2.75) is 125 Å². The summed E-state index contributed by atoms with van der Waals surface area (Å²) in [5.74, 6) is -0.127. The van der Waals surface area contributed by atoms with E-state index in [-0.39, 0.29) is 29.4 Å². The number of rotatable bonds is 13. The zero-order valence-electron chi connectivity index (χ0n) is 26.2. The fourth-order valence-corrected chi connectivity index (χ4v) is 5.24. The molecule has 0 aromatic carbocycles. The van der Waals surface area contributed by atoms with Gasteiger partial charge in [0.2, 0.25) is 0 Å². The molecule has 0 N–H and O–H groups in total. The normalized spacial score (nSPS) is 21.8. The molecule has 2 bridgehead atoms. The lowest BCUT2D eigenvalue weighted by atomic mass is 9.70. The number of esters is 3. The van der Waals surface area contributed by atoms with E-state index in [1.807, 2.05) is 0 Å². The maximum absolute atomic E-state index is 11.6. The predicted octanol–water partition coefficient (Wildman–Crippen LogP) is 8.30. The molecule has 2 saturated carbocycles. The van der Waals surface area contributed by atoms with E-state index in [1.54, 1.807) is 20.8 Å². The van der Waals surface area contributed by atoms with Crippen LogP contribution in [0.2, 0.25) is 0 Å². The zero-order chi connectivity index (χ0) is 30.2. The molecule has 3 unspecified atom stereocenters. The number of carbonyl (C=O) groups excluding carboxylic acids is 3. The highest BCUT2D eigenvalue weighted by molar-refractivity contribution is 5.87. The molecule has 0 aliphatic heterocycles. The molecule has 224 valence electrons. The predicted molar refractivity (Wildman–Crippen MR) is 159 cm³/mol. The SMILES string of the molecule is C=C(C)C(=O)OC.C=C(C)C(=O)OC1CC2CCC1(C)C2(C)C.C=C(C)C(=O)OCCCCCCCCCC. The second-order valence-corrected chi connectivity index (χ2v) is 11.9. The number of carbonyl (C=O) groups is 3. The van der Waals surface area contributed by atoms with Crippen LogP contribution >= 0.6 is 0 Å². The van der Waals surface area contributed by atoms with E-state index in [1.165, 1.54) is 58.5 Å². The van der Waals surface area contributed by atoms with Crippen molar-refractivity contribution in [1.29, 1.82) is 0 Å². The average molecular weight is 549 g/mol. The first-order valence-corrected chi connectivity index (χ1v) is 14.6. The second-order valence-electron chi connectivity index (χ2n) is 11.9. The number of hydrogen-bond acceptors (Lipinski definition) is 6. The Balaban J connectivity index is 0.000000600. The molecular formula is C33H56O6. The highest BCUT2D eigenvalue weighted by Crippen LogP contribution is 2.66. The summed E-state index contributed by atoms with van der Waals surface area (Å²) in [7, 11) is 1.33. The van der Waals surface area contributed by atoms with Gasteiger partial charge in [0.05, 0.1) is 13.7 Å². The van der Waals surface area contributed by atoms with Gasteiger partial charge in [-0.05, 0) is 57.8 Å². The van der Waals surface area contributed by atoms with Gasteiger partial charge >= 0.3 is 17.9 Å². The highest BCUT2D eigenvalue weighted by Gasteiger charge is 2.62. The Morgan fingerprint density at radius 3 is 1.62 bits per heavy atom. The van der Waals surface area contributed by atoms with Crippen LogP contribution in [0.4, 0.5) is 0 Å². The molecule has 0 radical (unpaired) electrons. The topological polar surface area (TPSA) is 78.9 Å². The van der Waals surface area contributed by atoms with Crippen LogP contribution in [-0.4, -0.2) is 37.7 Å². The van der Waals surface area contributed by atoms with Crippen LogP contribution in [0.25, 0.3) is 0 Å². The Hall–Kier alpha value is -2.37. The molecule has 2 aliphatic rings. The number of hydrogen-bond donors (Lipinski definition) is 0. The molecule has 6 nitrogen and oxygen atoms in total. The van der Waals surface area contributed by atoms with Crippen molar-refractivity contribution in [3.8, 4) is 0 Å². The number of fused-ring (bicyclic) bond motifs is 2. The Labute approximate surface area is 238 Å². The third-order valence-corrected chi connectivity index (χ3v) is 8.43. The van der Waals surface area contributed by atoms with Gasteiger partial charge in [-0.25, -0.2) is 14.4 Å². The monoisotopic (exact) mass is 548 g/mol. The molecule has 39 heavy (non-hydrogen) atoms. The summed E-state index contributed by atoms with van der Waals surface area (Å²) in [6.07, 6.45) is 13.7. The van der Waals surface area contributed by atoms with Crippen molar-refractivity contribution >= 4 is 17.9 Å². The third kappa shape index (κ3) is 12.1. The van der Waals surface area contributed by atoms with Gasteiger partial charge in [0.15, 0.2) is 0 Å². The molecule has 2 rings (SSSR count). The summed E-state index contributed by atoms with van der Waals surface area (Å²) >= 11 is 0. The van der Waals surface area contributed by atoms with Gasteiger partial charge in [0.1, 0.15) is 6.10 Å². The van der Waals surface area contributed by atoms with E-state index in [0.717, 1.165) is 19.3 Å². The lowest BCUT2D eigenvalue weighted by Crippen LogP contribution is -2.38. The third-order valence-electron chi connectivity index (χ3n) is 8.43. The van der Waals surface area contributed by atoms with Crippen molar-refractivity contribution in [3.63, 3.8) is 0 Å².